The van der Waals surface area contributed by atoms with E-state index in [0.29, 0.717) is 0 Å². The van der Waals surface area contributed by atoms with Crippen LogP contribution in [-0.2, 0) is 10.2 Å². The van der Waals surface area contributed by atoms with E-state index in [1.165, 1.54) is 10.6 Å². The number of hydrogen-bond acceptors (Lipinski definition) is 7. The molecular formula is C17H27ClN4O2S. The second-order valence-corrected chi connectivity index (χ2v) is 8.74. The molecule has 3 rings (SSSR count). The number of rotatable bonds is 5. The van der Waals surface area contributed by atoms with Gasteiger partial charge >= 0.3 is 0 Å². The minimum absolute atomic E-state index is 0.0166. The van der Waals surface area contributed by atoms with Crippen LogP contribution in [0.4, 0.5) is 0 Å². The van der Waals surface area contributed by atoms with Crippen LogP contribution in [0.5, 0.6) is 0 Å². The third-order valence-electron chi connectivity index (χ3n) is 5.26. The molecule has 0 aliphatic carbocycles. The molecule has 0 bridgehead atoms. The lowest BCUT2D eigenvalue weighted by Crippen LogP contribution is -2.49. The Kier molecular flexibility index (Phi) is 5.63. The first-order valence-electron chi connectivity index (χ1n) is 8.49. The van der Waals surface area contributed by atoms with Gasteiger partial charge in [-0.2, -0.15) is 0 Å². The fourth-order valence-corrected chi connectivity index (χ4v) is 5.18. The van der Waals surface area contributed by atoms with Crippen LogP contribution in [0.2, 0.25) is 4.34 Å². The first-order chi connectivity index (χ1) is 11.9. The Morgan fingerprint density at radius 3 is 2.88 bits per heavy atom. The quantitative estimate of drug-likeness (QED) is 0.721. The number of ether oxygens (including phenoxy) is 1. The minimum atomic E-state index is -0.329. The van der Waals surface area contributed by atoms with Crippen molar-refractivity contribution in [2.45, 2.75) is 37.3 Å². The molecule has 1 aromatic heterocycles. The van der Waals surface area contributed by atoms with E-state index in [-0.39, 0.29) is 24.2 Å². The van der Waals surface area contributed by atoms with Crippen LogP contribution in [0.1, 0.15) is 36.3 Å². The summed E-state index contributed by atoms with van der Waals surface area (Å²) in [6.45, 7) is 3.18. The molecule has 1 fully saturated rings. The summed E-state index contributed by atoms with van der Waals surface area (Å²) >= 11 is 7.95. The molecule has 3 heterocycles. The predicted molar refractivity (Wildman–Crippen MR) is 101 cm³/mol. The Hall–Kier alpha value is -0.830. The van der Waals surface area contributed by atoms with Crippen LogP contribution >= 0.6 is 22.9 Å². The lowest BCUT2D eigenvalue weighted by molar-refractivity contribution is 0.0470. The van der Waals surface area contributed by atoms with Crippen LogP contribution in [-0.4, -0.2) is 55.6 Å². The van der Waals surface area contributed by atoms with E-state index in [2.05, 4.69) is 23.9 Å². The highest BCUT2D eigenvalue weighted by Gasteiger charge is 2.40. The molecule has 140 valence electrons. The van der Waals surface area contributed by atoms with Gasteiger partial charge < -0.3 is 20.6 Å². The molecule has 0 spiro atoms. The highest BCUT2D eigenvalue weighted by molar-refractivity contribution is 7.16. The average Bonchev–Trinajstić information content (AvgIpc) is 3.13. The van der Waals surface area contributed by atoms with Gasteiger partial charge in [0, 0.05) is 37.7 Å². The number of aliphatic hydroxyl groups is 1. The van der Waals surface area contributed by atoms with Crippen molar-refractivity contribution in [1.82, 2.24) is 20.9 Å². The zero-order valence-corrected chi connectivity index (χ0v) is 16.7. The molecule has 0 radical (unpaired) electrons. The standard InChI is InChI=1S/C17H27ClN4O2S/c1-17(16-11(7-15(18)25-16)14(10-23)24-4)5-6-19-12(8-17)13-9-21(2)22(3)20-13/h7,9,12,14,19-20,23H,5-6,8,10H2,1-4H3/t12-,14?,17?/m0/s1. The molecule has 0 saturated carbocycles. The molecule has 2 aliphatic heterocycles. The molecule has 3 N–H and O–H groups in total. The number of hydrogen-bond donors (Lipinski definition) is 3. The van der Waals surface area contributed by atoms with Crippen molar-refractivity contribution in [3.63, 3.8) is 0 Å². The summed E-state index contributed by atoms with van der Waals surface area (Å²) in [6, 6.07) is 2.19. The molecule has 1 aromatic rings. The van der Waals surface area contributed by atoms with Crippen LogP contribution in [0.25, 0.3) is 0 Å². The molecule has 0 aromatic carbocycles. The third kappa shape index (κ3) is 3.67. The second-order valence-electron chi connectivity index (χ2n) is 7.06. The SMILES string of the molecule is COC(CO)c1cc(Cl)sc1C1(C)CCN[C@H](C2=CN(C)N(C)N2)C1. The van der Waals surface area contributed by atoms with Gasteiger partial charge in [0.2, 0.25) is 0 Å². The normalized spacial score (nSPS) is 28.8. The molecule has 6 nitrogen and oxygen atoms in total. The van der Waals surface area contributed by atoms with Crippen molar-refractivity contribution in [2.75, 3.05) is 34.4 Å². The van der Waals surface area contributed by atoms with Crippen molar-refractivity contribution in [2.24, 2.45) is 0 Å². The van der Waals surface area contributed by atoms with E-state index in [9.17, 15) is 5.11 Å². The smallest absolute Gasteiger partial charge is 0.106 e. The van der Waals surface area contributed by atoms with E-state index in [1.807, 2.05) is 30.3 Å². The molecule has 1 saturated heterocycles. The number of hydrazine groups is 2. The lowest BCUT2D eigenvalue weighted by Gasteiger charge is -2.40. The van der Waals surface area contributed by atoms with Crippen LogP contribution in [0, 0.1) is 0 Å². The zero-order valence-electron chi connectivity index (χ0n) is 15.2. The summed E-state index contributed by atoms with van der Waals surface area (Å²) in [5.41, 5.74) is 5.57. The van der Waals surface area contributed by atoms with Gasteiger partial charge in [-0.3, -0.25) is 5.01 Å². The Morgan fingerprint density at radius 1 is 1.52 bits per heavy atom. The van der Waals surface area contributed by atoms with Crippen molar-refractivity contribution < 1.29 is 9.84 Å². The van der Waals surface area contributed by atoms with Gasteiger partial charge in [-0.05, 0) is 31.0 Å². The van der Waals surface area contributed by atoms with Gasteiger partial charge in [-0.25, -0.2) is 0 Å². The van der Waals surface area contributed by atoms with E-state index >= 15 is 0 Å². The van der Waals surface area contributed by atoms with Gasteiger partial charge in [-0.1, -0.05) is 18.5 Å². The second kappa shape index (κ2) is 7.42. The van der Waals surface area contributed by atoms with E-state index in [0.717, 1.165) is 29.3 Å². The first kappa shape index (κ1) is 18.9. The van der Waals surface area contributed by atoms with Crippen molar-refractivity contribution in [3.05, 3.63) is 32.7 Å². The topological polar surface area (TPSA) is 60.0 Å². The van der Waals surface area contributed by atoms with Crippen molar-refractivity contribution >= 4 is 22.9 Å². The number of piperidine rings is 1. The Labute approximate surface area is 158 Å². The Balaban J connectivity index is 1.88. The van der Waals surface area contributed by atoms with Gasteiger partial charge in [0.15, 0.2) is 0 Å². The monoisotopic (exact) mass is 386 g/mol. The summed E-state index contributed by atoms with van der Waals surface area (Å²) < 4.78 is 6.22. The zero-order chi connectivity index (χ0) is 18.2. The third-order valence-corrected chi connectivity index (χ3v) is 6.85. The minimum Gasteiger partial charge on any atom is -0.393 e. The average molecular weight is 387 g/mol. The Bertz CT molecular complexity index is 649. The van der Waals surface area contributed by atoms with Crippen molar-refractivity contribution in [1.29, 1.82) is 0 Å². The van der Waals surface area contributed by atoms with Gasteiger partial charge in [-0.15, -0.1) is 16.5 Å². The summed E-state index contributed by atoms with van der Waals surface area (Å²) in [4.78, 5) is 1.23. The number of aliphatic hydroxyl groups excluding tert-OH is 1. The summed E-state index contributed by atoms with van der Waals surface area (Å²) in [5.74, 6) is 0. The largest absolute Gasteiger partial charge is 0.393 e. The summed E-state index contributed by atoms with van der Waals surface area (Å²) in [6.07, 6.45) is 3.77. The van der Waals surface area contributed by atoms with E-state index < -0.39 is 0 Å². The fourth-order valence-electron chi connectivity index (χ4n) is 3.71. The molecule has 3 atom stereocenters. The van der Waals surface area contributed by atoms with Crippen LogP contribution < -0.4 is 10.7 Å². The molecule has 8 heteroatoms. The first-order valence-corrected chi connectivity index (χ1v) is 9.69. The van der Waals surface area contributed by atoms with Crippen LogP contribution in [0.3, 0.4) is 0 Å². The number of halogens is 1. The molecular weight excluding hydrogens is 360 g/mol. The maximum Gasteiger partial charge on any atom is 0.106 e. The number of methoxy groups -OCH3 is 1. The van der Waals surface area contributed by atoms with Gasteiger partial charge in [0.1, 0.15) is 6.10 Å². The van der Waals surface area contributed by atoms with Crippen molar-refractivity contribution in [3.8, 4) is 0 Å². The number of nitrogens with one attached hydrogen (secondary N) is 2. The molecule has 2 unspecified atom stereocenters. The van der Waals surface area contributed by atoms with Gasteiger partial charge in [0.05, 0.1) is 22.7 Å². The molecule has 0 amide bonds. The molecule has 2 aliphatic rings. The number of nitrogens with zero attached hydrogens (tertiary/aromatic N) is 2. The predicted octanol–water partition coefficient (Wildman–Crippen LogP) is 2.23. The highest BCUT2D eigenvalue weighted by atomic mass is 35.5. The fraction of sp³-hybridized carbons (Fsp3) is 0.647. The van der Waals surface area contributed by atoms with E-state index in [4.69, 9.17) is 16.3 Å². The maximum atomic E-state index is 9.67. The summed E-state index contributed by atoms with van der Waals surface area (Å²) in [5, 5.41) is 17.3. The molecule has 25 heavy (non-hydrogen) atoms. The highest BCUT2D eigenvalue weighted by Crippen LogP contribution is 2.45. The number of thiophene rings is 1. The lowest BCUT2D eigenvalue weighted by atomic mass is 9.74. The van der Waals surface area contributed by atoms with Gasteiger partial charge in [0.25, 0.3) is 0 Å². The maximum absolute atomic E-state index is 9.67. The summed E-state index contributed by atoms with van der Waals surface area (Å²) in [7, 11) is 5.64. The van der Waals surface area contributed by atoms with E-state index in [1.54, 1.807) is 18.4 Å². The Morgan fingerprint density at radius 2 is 2.28 bits per heavy atom. The van der Waals surface area contributed by atoms with Crippen LogP contribution in [0.15, 0.2) is 18.0 Å².